The lowest BCUT2D eigenvalue weighted by molar-refractivity contribution is 0.0577. The molecule has 6 nitrogen and oxygen atoms in total. The summed E-state index contributed by atoms with van der Waals surface area (Å²) in [4.78, 5) is 23.1. The van der Waals surface area contributed by atoms with Crippen LogP contribution in [0.3, 0.4) is 0 Å². The SMILES string of the molecule is Cc1nc(-c2ccc3c(c2)OCO3)sc1C(=O)N1CCN(C2CCCC2)CC1. The molecule has 3 heterocycles. The van der Waals surface area contributed by atoms with Crippen molar-refractivity contribution in [2.24, 2.45) is 0 Å². The maximum absolute atomic E-state index is 13.1. The predicted octanol–water partition coefficient (Wildman–Crippen LogP) is 3.55. The molecule has 0 radical (unpaired) electrons. The summed E-state index contributed by atoms with van der Waals surface area (Å²) in [7, 11) is 0. The van der Waals surface area contributed by atoms with E-state index in [1.165, 1.54) is 37.0 Å². The van der Waals surface area contributed by atoms with Crippen LogP contribution < -0.4 is 9.47 Å². The molecule has 28 heavy (non-hydrogen) atoms. The smallest absolute Gasteiger partial charge is 0.265 e. The monoisotopic (exact) mass is 399 g/mol. The van der Waals surface area contributed by atoms with Crippen LogP contribution in [0.5, 0.6) is 11.5 Å². The number of amides is 1. The van der Waals surface area contributed by atoms with Crippen molar-refractivity contribution in [1.29, 1.82) is 0 Å². The highest BCUT2D eigenvalue weighted by atomic mass is 32.1. The van der Waals surface area contributed by atoms with Gasteiger partial charge in [-0.3, -0.25) is 9.69 Å². The Morgan fingerprint density at radius 3 is 2.64 bits per heavy atom. The number of nitrogens with zero attached hydrogens (tertiary/aromatic N) is 3. The van der Waals surface area contributed by atoms with Crippen LogP contribution in [0, 0.1) is 6.92 Å². The molecule has 1 aliphatic carbocycles. The van der Waals surface area contributed by atoms with Crippen molar-refractivity contribution < 1.29 is 14.3 Å². The lowest BCUT2D eigenvalue weighted by Crippen LogP contribution is -2.51. The van der Waals surface area contributed by atoms with E-state index in [2.05, 4.69) is 9.88 Å². The van der Waals surface area contributed by atoms with E-state index in [1.807, 2.05) is 30.0 Å². The molecule has 0 unspecified atom stereocenters. The van der Waals surface area contributed by atoms with Gasteiger partial charge in [-0.25, -0.2) is 4.98 Å². The molecule has 148 valence electrons. The maximum Gasteiger partial charge on any atom is 0.265 e. The Hall–Kier alpha value is -2.12. The first kappa shape index (κ1) is 17.9. The molecule has 7 heteroatoms. The molecule has 0 bridgehead atoms. The molecule has 1 saturated carbocycles. The van der Waals surface area contributed by atoms with Crippen molar-refractivity contribution in [3.63, 3.8) is 0 Å². The van der Waals surface area contributed by atoms with Crippen molar-refractivity contribution in [2.75, 3.05) is 33.0 Å². The summed E-state index contributed by atoms with van der Waals surface area (Å²) in [5.74, 6) is 1.61. The number of aryl methyl sites for hydroxylation is 1. The third kappa shape index (κ3) is 3.26. The van der Waals surface area contributed by atoms with Crippen LogP contribution in [0.4, 0.5) is 0 Å². The zero-order chi connectivity index (χ0) is 19.1. The van der Waals surface area contributed by atoms with Crippen molar-refractivity contribution >= 4 is 17.2 Å². The highest BCUT2D eigenvalue weighted by Crippen LogP contribution is 2.38. The fourth-order valence-corrected chi connectivity index (χ4v) is 5.48. The van der Waals surface area contributed by atoms with Gasteiger partial charge in [0.2, 0.25) is 6.79 Å². The van der Waals surface area contributed by atoms with Gasteiger partial charge in [-0.15, -0.1) is 11.3 Å². The van der Waals surface area contributed by atoms with E-state index in [0.29, 0.717) is 0 Å². The van der Waals surface area contributed by atoms with Gasteiger partial charge in [0.1, 0.15) is 9.88 Å². The fourth-order valence-electron chi connectivity index (χ4n) is 4.45. The van der Waals surface area contributed by atoms with E-state index in [0.717, 1.165) is 64.9 Å². The number of thiazole rings is 1. The zero-order valence-corrected chi connectivity index (χ0v) is 17.0. The number of hydrogen-bond acceptors (Lipinski definition) is 6. The van der Waals surface area contributed by atoms with Gasteiger partial charge >= 0.3 is 0 Å². The summed E-state index contributed by atoms with van der Waals surface area (Å²) in [6.45, 7) is 5.78. The number of aromatic nitrogens is 1. The Labute approximate surface area is 169 Å². The second-order valence-corrected chi connectivity index (χ2v) is 8.77. The Kier molecular flexibility index (Phi) is 4.72. The summed E-state index contributed by atoms with van der Waals surface area (Å²) >= 11 is 1.47. The number of rotatable bonds is 3. The predicted molar refractivity (Wildman–Crippen MR) is 108 cm³/mol. The van der Waals surface area contributed by atoms with Crippen molar-refractivity contribution in [2.45, 2.75) is 38.6 Å². The Morgan fingerprint density at radius 2 is 1.86 bits per heavy atom. The van der Waals surface area contributed by atoms with Gasteiger partial charge in [0.05, 0.1) is 5.69 Å². The first-order valence-electron chi connectivity index (χ1n) is 10.1. The molecule has 1 aromatic heterocycles. The van der Waals surface area contributed by atoms with E-state index >= 15 is 0 Å². The Morgan fingerprint density at radius 1 is 1.11 bits per heavy atom. The van der Waals surface area contributed by atoms with Crippen molar-refractivity contribution in [1.82, 2.24) is 14.8 Å². The van der Waals surface area contributed by atoms with Crippen LogP contribution in [0.2, 0.25) is 0 Å². The quantitative estimate of drug-likeness (QED) is 0.790. The molecule has 0 N–H and O–H groups in total. The number of hydrogen-bond donors (Lipinski definition) is 0. The van der Waals surface area contributed by atoms with E-state index in [-0.39, 0.29) is 12.7 Å². The molecule has 2 fully saturated rings. The average molecular weight is 400 g/mol. The molecule has 5 rings (SSSR count). The molecule has 2 aromatic rings. The summed E-state index contributed by atoms with van der Waals surface area (Å²) in [5, 5.41) is 0.851. The van der Waals surface area contributed by atoms with Gasteiger partial charge in [-0.1, -0.05) is 12.8 Å². The molecule has 2 aliphatic heterocycles. The summed E-state index contributed by atoms with van der Waals surface area (Å²) < 4.78 is 10.8. The van der Waals surface area contributed by atoms with Crippen molar-refractivity contribution in [3.05, 3.63) is 28.8 Å². The van der Waals surface area contributed by atoms with Gasteiger partial charge in [-0.2, -0.15) is 0 Å². The average Bonchev–Trinajstić information content (AvgIpc) is 3.47. The van der Waals surface area contributed by atoms with Crippen LogP contribution in [0.25, 0.3) is 10.6 Å². The normalized spacial score (nSPS) is 20.1. The lowest BCUT2D eigenvalue weighted by Gasteiger charge is -2.37. The minimum Gasteiger partial charge on any atom is -0.454 e. The number of carbonyl (C=O) groups is 1. The largest absolute Gasteiger partial charge is 0.454 e. The summed E-state index contributed by atoms with van der Waals surface area (Å²) in [6, 6.07) is 6.55. The minimum absolute atomic E-state index is 0.119. The minimum atomic E-state index is 0.119. The van der Waals surface area contributed by atoms with Gasteiger partial charge < -0.3 is 14.4 Å². The topological polar surface area (TPSA) is 54.9 Å². The number of piperazine rings is 1. The first-order chi connectivity index (χ1) is 13.7. The number of benzene rings is 1. The number of fused-ring (bicyclic) bond motifs is 1. The highest BCUT2D eigenvalue weighted by Gasteiger charge is 2.30. The second-order valence-electron chi connectivity index (χ2n) is 7.77. The number of carbonyl (C=O) groups excluding carboxylic acids is 1. The van der Waals surface area contributed by atoms with E-state index in [9.17, 15) is 4.79 Å². The van der Waals surface area contributed by atoms with Crippen LogP contribution in [0.1, 0.15) is 41.0 Å². The number of ether oxygens (including phenoxy) is 2. The summed E-state index contributed by atoms with van der Waals surface area (Å²) in [6.07, 6.45) is 5.35. The third-order valence-corrected chi connectivity index (χ3v) is 7.25. The molecule has 3 aliphatic rings. The van der Waals surface area contributed by atoms with Crippen LogP contribution in [-0.2, 0) is 0 Å². The molecule has 1 saturated heterocycles. The van der Waals surface area contributed by atoms with E-state index in [4.69, 9.17) is 9.47 Å². The second kappa shape index (κ2) is 7.37. The first-order valence-corrected chi connectivity index (χ1v) is 10.9. The van der Waals surface area contributed by atoms with E-state index < -0.39 is 0 Å². The summed E-state index contributed by atoms with van der Waals surface area (Å²) in [5.41, 5.74) is 1.77. The van der Waals surface area contributed by atoms with Gasteiger partial charge in [-0.05, 0) is 38.0 Å². The Balaban J connectivity index is 1.29. The van der Waals surface area contributed by atoms with Gasteiger partial charge in [0.25, 0.3) is 5.91 Å². The van der Waals surface area contributed by atoms with Crippen LogP contribution >= 0.6 is 11.3 Å². The molecule has 0 atom stereocenters. The van der Waals surface area contributed by atoms with Crippen LogP contribution in [0.15, 0.2) is 18.2 Å². The van der Waals surface area contributed by atoms with Crippen LogP contribution in [-0.4, -0.2) is 59.7 Å². The fraction of sp³-hybridized carbons (Fsp3) is 0.524. The highest BCUT2D eigenvalue weighted by molar-refractivity contribution is 7.17. The molecule has 0 spiro atoms. The molecule has 1 amide bonds. The standard InChI is InChI=1S/C21H25N3O3S/c1-14-19(21(25)24-10-8-23(9-11-24)16-4-2-3-5-16)28-20(22-14)15-6-7-17-18(12-15)27-13-26-17/h6-7,12,16H,2-5,8-11,13H2,1H3. The van der Waals surface area contributed by atoms with E-state index in [1.54, 1.807) is 0 Å². The molecule has 1 aromatic carbocycles. The molecular formula is C21H25N3O3S. The van der Waals surface area contributed by atoms with Crippen molar-refractivity contribution in [3.8, 4) is 22.1 Å². The Bertz CT molecular complexity index is 883. The van der Waals surface area contributed by atoms with Gasteiger partial charge in [0, 0.05) is 37.8 Å². The molecular weight excluding hydrogens is 374 g/mol. The third-order valence-electron chi connectivity index (χ3n) is 6.05. The maximum atomic E-state index is 13.1. The van der Waals surface area contributed by atoms with Gasteiger partial charge in [0.15, 0.2) is 11.5 Å². The lowest BCUT2D eigenvalue weighted by atomic mass is 10.1. The zero-order valence-electron chi connectivity index (χ0n) is 16.1.